The van der Waals surface area contributed by atoms with E-state index >= 15 is 0 Å². The maximum Gasteiger partial charge on any atom is 0.137 e. The fourth-order valence-electron chi connectivity index (χ4n) is 2.42. The van der Waals surface area contributed by atoms with Crippen LogP contribution in [0.25, 0.3) is 22.2 Å². The van der Waals surface area contributed by atoms with E-state index in [1.165, 1.54) is 5.56 Å². The molecule has 1 aromatic heterocycles. The zero-order valence-corrected chi connectivity index (χ0v) is 12.0. The molecule has 0 fully saturated rings. The van der Waals surface area contributed by atoms with E-state index < -0.39 is 0 Å². The molecule has 0 saturated heterocycles. The van der Waals surface area contributed by atoms with Crippen LogP contribution >= 0.6 is 0 Å². The quantitative estimate of drug-likeness (QED) is 0.791. The Labute approximate surface area is 123 Å². The second-order valence-electron chi connectivity index (χ2n) is 4.88. The van der Waals surface area contributed by atoms with Gasteiger partial charge in [-0.1, -0.05) is 23.8 Å². The number of aromatic nitrogens is 2. The van der Waals surface area contributed by atoms with Crippen LogP contribution in [-0.4, -0.2) is 16.8 Å². The zero-order chi connectivity index (χ0) is 14.8. The van der Waals surface area contributed by atoms with Crippen LogP contribution in [0.2, 0.25) is 0 Å². The van der Waals surface area contributed by atoms with Gasteiger partial charge in [0.1, 0.15) is 17.5 Å². The lowest BCUT2D eigenvalue weighted by molar-refractivity contribution is 0.340. The van der Waals surface area contributed by atoms with Crippen molar-refractivity contribution < 1.29 is 4.74 Å². The first kappa shape index (κ1) is 13.2. The number of nitrogens with zero attached hydrogens (tertiary/aromatic N) is 2. The average Bonchev–Trinajstić information content (AvgIpc) is 2.89. The second kappa shape index (κ2) is 5.29. The lowest BCUT2D eigenvalue weighted by Gasteiger charge is -2.06. The van der Waals surface area contributed by atoms with Gasteiger partial charge in [0.05, 0.1) is 17.7 Å². The first-order valence-electron chi connectivity index (χ1n) is 6.85. The van der Waals surface area contributed by atoms with Crippen LogP contribution in [0.3, 0.4) is 0 Å². The molecule has 0 aliphatic carbocycles. The van der Waals surface area contributed by atoms with E-state index in [-0.39, 0.29) is 0 Å². The summed E-state index contributed by atoms with van der Waals surface area (Å²) in [4.78, 5) is 0. The van der Waals surface area contributed by atoms with Crippen molar-refractivity contribution in [3.05, 3.63) is 47.5 Å². The van der Waals surface area contributed by atoms with Gasteiger partial charge in [-0.3, -0.25) is 5.10 Å². The first-order chi connectivity index (χ1) is 10.2. The van der Waals surface area contributed by atoms with Crippen LogP contribution in [0, 0.1) is 18.3 Å². The van der Waals surface area contributed by atoms with Crippen LogP contribution in [0.1, 0.15) is 18.1 Å². The fraction of sp³-hybridized carbons (Fsp3) is 0.176. The van der Waals surface area contributed by atoms with Gasteiger partial charge in [0.2, 0.25) is 0 Å². The number of aryl methyl sites for hydroxylation is 1. The first-order valence-corrected chi connectivity index (χ1v) is 6.85. The Balaban J connectivity index is 2.22. The molecule has 4 heteroatoms. The molecule has 2 aromatic carbocycles. The Hall–Kier alpha value is -2.80. The van der Waals surface area contributed by atoms with E-state index in [2.05, 4.69) is 35.3 Å². The normalized spacial score (nSPS) is 10.5. The predicted molar refractivity (Wildman–Crippen MR) is 82.2 cm³/mol. The number of hydrogen-bond acceptors (Lipinski definition) is 3. The van der Waals surface area contributed by atoms with Gasteiger partial charge in [0.15, 0.2) is 0 Å². The summed E-state index contributed by atoms with van der Waals surface area (Å²) < 4.78 is 5.56. The molecule has 1 N–H and O–H groups in total. The number of H-pyrrole nitrogens is 1. The smallest absolute Gasteiger partial charge is 0.137 e. The Morgan fingerprint density at radius 1 is 1.29 bits per heavy atom. The summed E-state index contributed by atoms with van der Waals surface area (Å²) in [6, 6.07) is 14.0. The molecule has 21 heavy (non-hydrogen) atoms. The third kappa shape index (κ3) is 2.34. The zero-order valence-electron chi connectivity index (χ0n) is 12.0. The van der Waals surface area contributed by atoms with Gasteiger partial charge in [-0.15, -0.1) is 0 Å². The van der Waals surface area contributed by atoms with Gasteiger partial charge in [-0.2, -0.15) is 10.4 Å². The molecule has 0 radical (unpaired) electrons. The van der Waals surface area contributed by atoms with E-state index in [0.29, 0.717) is 17.9 Å². The van der Waals surface area contributed by atoms with E-state index in [9.17, 15) is 5.26 Å². The Morgan fingerprint density at radius 2 is 2.14 bits per heavy atom. The Morgan fingerprint density at radius 3 is 2.86 bits per heavy atom. The van der Waals surface area contributed by atoms with E-state index in [1.54, 1.807) is 6.07 Å². The predicted octanol–water partition coefficient (Wildman–Crippen LogP) is 3.81. The molecule has 0 spiro atoms. The fourth-order valence-corrected chi connectivity index (χ4v) is 2.42. The summed E-state index contributed by atoms with van der Waals surface area (Å²) in [6.07, 6.45) is 0. The molecular weight excluding hydrogens is 262 g/mol. The standard InChI is InChI=1S/C17H15N3O/c1-3-21-16-9-14-15(8-13(16)10-18)19-20-17(14)12-6-4-5-11(2)7-12/h4-9H,3H2,1-2H3,(H,19,20). The SMILES string of the molecule is CCOc1cc2c(-c3cccc(C)c3)n[nH]c2cc1C#N. The third-order valence-corrected chi connectivity index (χ3v) is 3.37. The highest BCUT2D eigenvalue weighted by Crippen LogP contribution is 2.31. The number of fused-ring (bicyclic) bond motifs is 1. The van der Waals surface area contributed by atoms with Gasteiger partial charge in [-0.25, -0.2) is 0 Å². The molecule has 1 heterocycles. The molecule has 3 aromatic rings. The second-order valence-corrected chi connectivity index (χ2v) is 4.88. The minimum Gasteiger partial charge on any atom is -0.492 e. The number of rotatable bonds is 3. The third-order valence-electron chi connectivity index (χ3n) is 3.37. The number of nitrogens with one attached hydrogen (secondary N) is 1. The molecule has 0 amide bonds. The van der Waals surface area contributed by atoms with Crippen LogP contribution in [-0.2, 0) is 0 Å². The topological polar surface area (TPSA) is 61.7 Å². The maximum absolute atomic E-state index is 9.20. The monoisotopic (exact) mass is 277 g/mol. The molecule has 104 valence electrons. The Kier molecular flexibility index (Phi) is 3.33. The van der Waals surface area contributed by atoms with Crippen LogP contribution < -0.4 is 4.74 Å². The lowest BCUT2D eigenvalue weighted by atomic mass is 10.0. The minimum atomic E-state index is 0.517. The van der Waals surface area contributed by atoms with Crippen LogP contribution in [0.5, 0.6) is 5.75 Å². The number of benzene rings is 2. The van der Waals surface area contributed by atoms with E-state index in [0.717, 1.165) is 22.2 Å². The summed E-state index contributed by atoms with van der Waals surface area (Å²) >= 11 is 0. The maximum atomic E-state index is 9.20. The van der Waals surface area contributed by atoms with Crippen LogP contribution in [0.4, 0.5) is 0 Å². The van der Waals surface area contributed by atoms with Crippen molar-refractivity contribution in [1.82, 2.24) is 10.2 Å². The summed E-state index contributed by atoms with van der Waals surface area (Å²) in [7, 11) is 0. The van der Waals surface area contributed by atoms with Gasteiger partial charge in [0.25, 0.3) is 0 Å². The molecule has 4 nitrogen and oxygen atoms in total. The molecule has 0 bridgehead atoms. The van der Waals surface area contributed by atoms with E-state index in [4.69, 9.17) is 4.74 Å². The molecule has 0 saturated carbocycles. The van der Waals surface area contributed by atoms with Gasteiger partial charge >= 0.3 is 0 Å². The molecule has 0 atom stereocenters. The van der Waals surface area contributed by atoms with Gasteiger partial charge in [0, 0.05) is 10.9 Å². The summed E-state index contributed by atoms with van der Waals surface area (Å²) in [5.74, 6) is 0.600. The highest BCUT2D eigenvalue weighted by molar-refractivity contribution is 5.94. The van der Waals surface area contributed by atoms with Gasteiger partial charge in [-0.05, 0) is 32.0 Å². The van der Waals surface area contributed by atoms with Crippen molar-refractivity contribution in [2.75, 3.05) is 6.61 Å². The summed E-state index contributed by atoms with van der Waals surface area (Å²) in [5, 5.41) is 17.5. The van der Waals surface area contributed by atoms with E-state index in [1.807, 2.05) is 25.1 Å². The molecule has 0 aliphatic heterocycles. The average molecular weight is 277 g/mol. The number of aromatic amines is 1. The largest absolute Gasteiger partial charge is 0.492 e. The van der Waals surface area contributed by atoms with Crippen molar-refractivity contribution in [3.8, 4) is 23.1 Å². The van der Waals surface area contributed by atoms with Crippen molar-refractivity contribution in [3.63, 3.8) is 0 Å². The van der Waals surface area contributed by atoms with Crippen LogP contribution in [0.15, 0.2) is 36.4 Å². The lowest BCUT2D eigenvalue weighted by Crippen LogP contribution is -1.94. The Bertz CT molecular complexity index is 843. The summed E-state index contributed by atoms with van der Waals surface area (Å²) in [5.41, 5.74) is 4.46. The number of hydrogen-bond donors (Lipinski definition) is 1. The summed E-state index contributed by atoms with van der Waals surface area (Å²) in [6.45, 7) is 4.48. The van der Waals surface area contributed by atoms with Crippen molar-refractivity contribution in [2.24, 2.45) is 0 Å². The highest BCUT2D eigenvalue weighted by Gasteiger charge is 2.13. The molecule has 0 aliphatic rings. The minimum absolute atomic E-state index is 0.517. The molecular formula is C17H15N3O. The van der Waals surface area contributed by atoms with Crippen molar-refractivity contribution in [1.29, 1.82) is 5.26 Å². The number of nitriles is 1. The number of ether oxygens (including phenoxy) is 1. The highest BCUT2D eigenvalue weighted by atomic mass is 16.5. The van der Waals surface area contributed by atoms with Crippen molar-refractivity contribution >= 4 is 10.9 Å². The van der Waals surface area contributed by atoms with Gasteiger partial charge < -0.3 is 4.74 Å². The van der Waals surface area contributed by atoms with Crippen molar-refractivity contribution in [2.45, 2.75) is 13.8 Å². The molecule has 0 unspecified atom stereocenters. The molecule has 3 rings (SSSR count).